The molecule has 1 saturated carbocycles. The van der Waals surface area contributed by atoms with Crippen molar-refractivity contribution < 1.29 is 9.90 Å². The lowest BCUT2D eigenvalue weighted by Crippen LogP contribution is -2.19. The molecule has 0 heterocycles. The molecule has 0 radical (unpaired) electrons. The van der Waals surface area contributed by atoms with E-state index in [1.807, 2.05) is 24.3 Å². The first-order chi connectivity index (χ1) is 7.68. The number of rotatable bonds is 2. The molecule has 2 nitrogen and oxygen atoms in total. The highest BCUT2D eigenvalue weighted by Crippen LogP contribution is 2.34. The fourth-order valence-corrected chi connectivity index (χ4v) is 2.62. The molecule has 2 rings (SSSR count). The Morgan fingerprint density at radius 1 is 1.31 bits per heavy atom. The zero-order valence-corrected chi connectivity index (χ0v) is 9.65. The van der Waals surface area contributed by atoms with Gasteiger partial charge < -0.3 is 5.11 Å². The number of hydrogen-bond acceptors (Lipinski definition) is 2. The topological polar surface area (TPSA) is 37.3 Å². The standard InChI is InChI=1S/C14H18O2/c1-10(15)13-7-2-3-8-14(13)11-5-4-6-12(16)9-11/h2-3,7-8,11-12,16H,4-6,9H2,1H3. The number of aliphatic hydroxyl groups excluding tert-OH is 1. The Labute approximate surface area is 96.3 Å². The van der Waals surface area contributed by atoms with Crippen LogP contribution < -0.4 is 0 Å². The average molecular weight is 218 g/mol. The molecule has 2 heteroatoms. The number of hydrogen-bond donors (Lipinski definition) is 1. The highest BCUT2D eigenvalue weighted by molar-refractivity contribution is 5.95. The zero-order chi connectivity index (χ0) is 11.5. The maximum Gasteiger partial charge on any atom is 0.160 e. The van der Waals surface area contributed by atoms with E-state index >= 15 is 0 Å². The van der Waals surface area contributed by atoms with Crippen molar-refractivity contribution in [2.24, 2.45) is 0 Å². The van der Waals surface area contributed by atoms with Crippen LogP contribution in [-0.4, -0.2) is 17.0 Å². The Kier molecular flexibility index (Phi) is 3.39. The fourth-order valence-electron chi connectivity index (χ4n) is 2.62. The quantitative estimate of drug-likeness (QED) is 0.775. The minimum atomic E-state index is -0.196. The van der Waals surface area contributed by atoms with Crippen LogP contribution in [0, 0.1) is 0 Å². The Balaban J connectivity index is 2.28. The molecule has 1 aliphatic rings. The van der Waals surface area contributed by atoms with E-state index in [2.05, 4.69) is 0 Å². The van der Waals surface area contributed by atoms with E-state index in [4.69, 9.17) is 0 Å². The minimum absolute atomic E-state index is 0.121. The second kappa shape index (κ2) is 4.79. The van der Waals surface area contributed by atoms with Crippen LogP contribution in [0.25, 0.3) is 0 Å². The van der Waals surface area contributed by atoms with Gasteiger partial charge in [-0.05, 0) is 37.7 Å². The Bertz CT molecular complexity index is 384. The van der Waals surface area contributed by atoms with Crippen molar-refractivity contribution in [3.05, 3.63) is 35.4 Å². The lowest BCUT2D eigenvalue weighted by molar-refractivity contribution is 0.100. The third-order valence-electron chi connectivity index (χ3n) is 3.43. The summed E-state index contributed by atoms with van der Waals surface area (Å²) in [4.78, 5) is 11.5. The van der Waals surface area contributed by atoms with Gasteiger partial charge in [0, 0.05) is 5.56 Å². The van der Waals surface area contributed by atoms with Crippen LogP contribution in [0.1, 0.15) is 54.4 Å². The van der Waals surface area contributed by atoms with Crippen molar-refractivity contribution in [3.8, 4) is 0 Å². The van der Waals surface area contributed by atoms with Crippen molar-refractivity contribution in [1.29, 1.82) is 0 Å². The number of carbonyl (C=O) groups is 1. The molecule has 2 unspecified atom stereocenters. The van der Waals surface area contributed by atoms with Crippen LogP contribution >= 0.6 is 0 Å². The van der Waals surface area contributed by atoms with Crippen LogP contribution in [0.15, 0.2) is 24.3 Å². The molecule has 86 valence electrons. The fraction of sp³-hybridized carbons (Fsp3) is 0.500. The van der Waals surface area contributed by atoms with Crippen molar-refractivity contribution in [1.82, 2.24) is 0 Å². The van der Waals surface area contributed by atoms with Gasteiger partial charge in [0.25, 0.3) is 0 Å². The molecule has 0 aromatic heterocycles. The molecule has 0 bridgehead atoms. The van der Waals surface area contributed by atoms with E-state index < -0.39 is 0 Å². The first-order valence-corrected chi connectivity index (χ1v) is 5.96. The van der Waals surface area contributed by atoms with Gasteiger partial charge in [0.1, 0.15) is 0 Å². The van der Waals surface area contributed by atoms with Gasteiger partial charge in [-0.15, -0.1) is 0 Å². The van der Waals surface area contributed by atoms with Crippen LogP contribution in [0.4, 0.5) is 0 Å². The molecule has 2 atom stereocenters. The normalized spacial score (nSPS) is 25.4. The molecule has 1 aromatic rings. The predicted octanol–water partition coefficient (Wildman–Crippen LogP) is 2.91. The van der Waals surface area contributed by atoms with Gasteiger partial charge in [-0.2, -0.15) is 0 Å². The Morgan fingerprint density at radius 2 is 2.06 bits per heavy atom. The van der Waals surface area contributed by atoms with Crippen LogP contribution in [0.5, 0.6) is 0 Å². The number of aliphatic hydroxyl groups is 1. The Morgan fingerprint density at radius 3 is 2.75 bits per heavy atom. The van der Waals surface area contributed by atoms with Crippen LogP contribution in [0.2, 0.25) is 0 Å². The molecule has 1 fully saturated rings. The maximum absolute atomic E-state index is 11.5. The van der Waals surface area contributed by atoms with Crippen molar-refractivity contribution in [2.75, 3.05) is 0 Å². The predicted molar refractivity (Wildman–Crippen MR) is 63.7 cm³/mol. The summed E-state index contributed by atoms with van der Waals surface area (Å²) in [6.07, 6.45) is 3.64. The van der Waals surface area contributed by atoms with E-state index in [1.54, 1.807) is 6.92 Å². The van der Waals surface area contributed by atoms with E-state index in [1.165, 1.54) is 0 Å². The minimum Gasteiger partial charge on any atom is -0.393 e. The summed E-state index contributed by atoms with van der Waals surface area (Å²) in [7, 11) is 0. The number of benzene rings is 1. The first-order valence-electron chi connectivity index (χ1n) is 5.96. The molecule has 16 heavy (non-hydrogen) atoms. The van der Waals surface area contributed by atoms with Gasteiger partial charge >= 0.3 is 0 Å². The van der Waals surface area contributed by atoms with Gasteiger partial charge in [-0.1, -0.05) is 30.7 Å². The number of ketones is 1. The molecular formula is C14H18O2. The molecule has 1 aromatic carbocycles. The van der Waals surface area contributed by atoms with Crippen molar-refractivity contribution in [2.45, 2.75) is 44.6 Å². The van der Waals surface area contributed by atoms with E-state index in [-0.39, 0.29) is 11.9 Å². The van der Waals surface area contributed by atoms with Crippen LogP contribution in [-0.2, 0) is 0 Å². The lowest BCUT2D eigenvalue weighted by atomic mass is 9.80. The summed E-state index contributed by atoms with van der Waals surface area (Å²) in [6, 6.07) is 7.79. The number of Topliss-reactive ketones (excluding diaryl/α,β-unsaturated/α-hetero) is 1. The summed E-state index contributed by atoms with van der Waals surface area (Å²) < 4.78 is 0. The van der Waals surface area contributed by atoms with E-state index in [0.29, 0.717) is 5.92 Å². The smallest absolute Gasteiger partial charge is 0.160 e. The molecule has 0 amide bonds. The largest absolute Gasteiger partial charge is 0.393 e. The molecule has 1 N–H and O–H groups in total. The zero-order valence-electron chi connectivity index (χ0n) is 9.65. The molecular weight excluding hydrogens is 200 g/mol. The SMILES string of the molecule is CC(=O)c1ccccc1C1CCCC(O)C1. The van der Waals surface area contributed by atoms with Gasteiger partial charge in [0.15, 0.2) is 5.78 Å². The van der Waals surface area contributed by atoms with E-state index in [9.17, 15) is 9.90 Å². The molecule has 0 aliphatic heterocycles. The van der Waals surface area contributed by atoms with Gasteiger partial charge in [-0.3, -0.25) is 4.79 Å². The second-order valence-corrected chi connectivity index (χ2v) is 4.66. The van der Waals surface area contributed by atoms with E-state index in [0.717, 1.165) is 36.8 Å². The molecule has 1 aliphatic carbocycles. The third-order valence-corrected chi connectivity index (χ3v) is 3.43. The molecule has 0 spiro atoms. The first kappa shape index (κ1) is 11.3. The van der Waals surface area contributed by atoms with Crippen molar-refractivity contribution in [3.63, 3.8) is 0 Å². The summed E-state index contributed by atoms with van der Waals surface area (Å²) in [5.41, 5.74) is 1.94. The highest BCUT2D eigenvalue weighted by Gasteiger charge is 2.23. The van der Waals surface area contributed by atoms with Gasteiger partial charge in [0.05, 0.1) is 6.10 Å². The summed E-state index contributed by atoms with van der Waals surface area (Å²) in [6.45, 7) is 1.61. The van der Waals surface area contributed by atoms with Crippen molar-refractivity contribution >= 4 is 5.78 Å². The summed E-state index contributed by atoms with van der Waals surface area (Å²) in [5.74, 6) is 0.472. The van der Waals surface area contributed by atoms with Crippen LogP contribution in [0.3, 0.4) is 0 Å². The second-order valence-electron chi connectivity index (χ2n) is 4.66. The monoisotopic (exact) mass is 218 g/mol. The van der Waals surface area contributed by atoms with Gasteiger partial charge in [0.2, 0.25) is 0 Å². The lowest BCUT2D eigenvalue weighted by Gasteiger charge is -2.27. The summed E-state index contributed by atoms with van der Waals surface area (Å²) in [5, 5.41) is 9.69. The molecule has 0 saturated heterocycles. The summed E-state index contributed by atoms with van der Waals surface area (Å²) >= 11 is 0. The third kappa shape index (κ3) is 2.33. The Hall–Kier alpha value is -1.15. The highest BCUT2D eigenvalue weighted by atomic mass is 16.3. The number of carbonyl (C=O) groups excluding carboxylic acids is 1. The average Bonchev–Trinajstić information content (AvgIpc) is 2.29. The van der Waals surface area contributed by atoms with Gasteiger partial charge in [-0.25, -0.2) is 0 Å². The maximum atomic E-state index is 11.5.